The average molecular weight is 873 g/mol. The number of nitrogens with two attached hydrogens (primary N) is 1. The van der Waals surface area contributed by atoms with Gasteiger partial charge in [0, 0.05) is 75.9 Å². The summed E-state index contributed by atoms with van der Waals surface area (Å²) in [6.45, 7) is 1.73. The van der Waals surface area contributed by atoms with Crippen molar-refractivity contribution < 1.29 is 56.2 Å². The molecule has 0 bridgehead atoms. The zero-order valence-electron chi connectivity index (χ0n) is 33.7. The summed E-state index contributed by atoms with van der Waals surface area (Å²) in [4.78, 5) is 95.4. The van der Waals surface area contributed by atoms with Crippen molar-refractivity contribution in [3.05, 3.63) is 95.4 Å². The number of imidazole rings is 1. The molecule has 7 rings (SSSR count). The number of rotatable bonds is 16. The Morgan fingerprint density at radius 1 is 0.937 bits per heavy atom. The highest BCUT2D eigenvalue weighted by atomic mass is 19.4. The molecule has 17 nitrogen and oxygen atoms in total. The number of nitrogens with one attached hydrogen (secondary N) is 3. The van der Waals surface area contributed by atoms with Gasteiger partial charge in [-0.15, -0.1) is 13.2 Å². The van der Waals surface area contributed by atoms with Crippen LogP contribution in [0.2, 0.25) is 0 Å². The van der Waals surface area contributed by atoms with E-state index in [0.717, 1.165) is 17.0 Å². The van der Waals surface area contributed by atoms with E-state index in [4.69, 9.17) is 10.5 Å². The minimum atomic E-state index is -4.80. The molecule has 0 saturated carbocycles. The van der Waals surface area contributed by atoms with Crippen molar-refractivity contribution in [1.82, 2.24) is 30.0 Å². The summed E-state index contributed by atoms with van der Waals surface area (Å²) >= 11 is 0. The maximum atomic E-state index is 13.3. The number of likely N-dealkylation sites (tertiary alicyclic amines) is 1. The standard InChI is InChI=1S/C43H43F3N8O9/c44-43(45,46)63-28-9-6-25(7-10-28)21-37(57)53-19-14-27(15-20-53)62-34-12-8-26(22-30(34)39(47)58)32-23-52(24-50-32)18-2-5-35(55)49-17-16-48-31-4-1-3-29-38(31)42(61)54(41(29)60)33-11-13-36(56)51-40(33)59/h1,3-4,6-10,12,22-24,27,33,48H,2,5,11,13-21H2,(H2,47,58)(H,49,55)(H,51,56,59). The Hall–Kier alpha value is -7.25. The number of amides is 7. The third-order valence-electron chi connectivity index (χ3n) is 10.8. The highest BCUT2D eigenvalue weighted by molar-refractivity contribution is 6.25. The molecule has 3 aromatic carbocycles. The Bertz CT molecular complexity index is 2430. The molecule has 1 aromatic heterocycles. The van der Waals surface area contributed by atoms with Gasteiger partial charge in [0.25, 0.3) is 17.7 Å². The number of carbonyl (C=O) groups excluding carboxylic acids is 7. The third-order valence-corrected chi connectivity index (χ3v) is 10.8. The summed E-state index contributed by atoms with van der Waals surface area (Å²) in [5.74, 6) is -3.53. The number of fused-ring (bicyclic) bond motifs is 1. The second-order valence-electron chi connectivity index (χ2n) is 15.2. The van der Waals surface area contributed by atoms with E-state index in [1.54, 1.807) is 47.8 Å². The minimum Gasteiger partial charge on any atom is -0.489 e. The molecule has 330 valence electrons. The van der Waals surface area contributed by atoms with Crippen LogP contribution in [0.3, 0.4) is 0 Å². The lowest BCUT2D eigenvalue weighted by atomic mass is 10.0. The number of anilines is 1. The summed E-state index contributed by atoms with van der Waals surface area (Å²) in [5, 5.41) is 8.09. The fourth-order valence-corrected chi connectivity index (χ4v) is 7.69. The molecular weight excluding hydrogens is 830 g/mol. The normalized spacial score (nSPS) is 16.7. The van der Waals surface area contributed by atoms with Crippen LogP contribution in [-0.4, -0.2) is 105 Å². The molecule has 63 heavy (non-hydrogen) atoms. The SMILES string of the molecule is NC(=O)c1cc(-c2cn(CCCC(=O)NCCNc3cccc4c3C(=O)N(C3CCC(=O)NC3=O)C4=O)cn2)ccc1OC1CCN(C(=O)Cc2ccc(OC(F)(F)F)cc2)CC1. The Morgan fingerprint density at radius 2 is 1.70 bits per heavy atom. The maximum absolute atomic E-state index is 13.3. The molecule has 0 spiro atoms. The Morgan fingerprint density at radius 3 is 2.41 bits per heavy atom. The van der Waals surface area contributed by atoms with Crippen LogP contribution >= 0.6 is 0 Å². The average Bonchev–Trinajstić information content (AvgIpc) is 3.82. The number of ether oxygens (including phenoxy) is 2. The lowest BCUT2D eigenvalue weighted by Gasteiger charge is -2.32. The summed E-state index contributed by atoms with van der Waals surface area (Å²) in [5.41, 5.74) is 8.30. The minimum absolute atomic E-state index is 0.0159. The molecule has 2 fully saturated rings. The number of aromatic nitrogens is 2. The van der Waals surface area contributed by atoms with E-state index in [-0.39, 0.29) is 79.1 Å². The second kappa shape index (κ2) is 18.8. The molecule has 4 aromatic rings. The van der Waals surface area contributed by atoms with E-state index in [1.165, 1.54) is 18.2 Å². The van der Waals surface area contributed by atoms with Gasteiger partial charge in [-0.1, -0.05) is 18.2 Å². The number of imide groups is 2. The molecule has 20 heteroatoms. The quantitative estimate of drug-likeness (QED) is 0.0941. The van der Waals surface area contributed by atoms with E-state index in [0.29, 0.717) is 67.2 Å². The van der Waals surface area contributed by atoms with E-state index in [1.807, 2.05) is 4.57 Å². The summed E-state index contributed by atoms with van der Waals surface area (Å²) < 4.78 is 49.2. The lowest BCUT2D eigenvalue weighted by Crippen LogP contribution is -2.54. The number of primary amides is 1. The molecule has 5 N–H and O–H groups in total. The van der Waals surface area contributed by atoms with Crippen molar-refractivity contribution in [1.29, 1.82) is 0 Å². The molecule has 0 radical (unpaired) electrons. The monoisotopic (exact) mass is 872 g/mol. The van der Waals surface area contributed by atoms with Gasteiger partial charge in [-0.2, -0.15) is 0 Å². The number of halogens is 3. The molecule has 4 heterocycles. The van der Waals surface area contributed by atoms with Crippen molar-refractivity contribution in [2.75, 3.05) is 31.5 Å². The topological polar surface area (TPSA) is 224 Å². The van der Waals surface area contributed by atoms with Gasteiger partial charge in [0.1, 0.15) is 23.6 Å². The van der Waals surface area contributed by atoms with Gasteiger partial charge in [-0.25, -0.2) is 4.98 Å². The summed E-state index contributed by atoms with van der Waals surface area (Å²) in [6.07, 6.45) is 0.0542. The molecule has 0 aliphatic carbocycles. The van der Waals surface area contributed by atoms with Gasteiger partial charge in [0.2, 0.25) is 23.6 Å². The Balaban J connectivity index is 0.834. The van der Waals surface area contributed by atoms with Gasteiger partial charge in [0.15, 0.2) is 0 Å². The summed E-state index contributed by atoms with van der Waals surface area (Å²) in [6, 6.07) is 13.8. The van der Waals surface area contributed by atoms with Crippen LogP contribution in [0.1, 0.15) is 75.2 Å². The van der Waals surface area contributed by atoms with Crippen LogP contribution in [0.5, 0.6) is 11.5 Å². The fraction of sp³-hybridized carbons (Fsp3) is 0.349. The number of carbonyl (C=O) groups is 7. The lowest BCUT2D eigenvalue weighted by molar-refractivity contribution is -0.274. The van der Waals surface area contributed by atoms with Crippen molar-refractivity contribution in [2.24, 2.45) is 5.73 Å². The van der Waals surface area contributed by atoms with Crippen molar-refractivity contribution >= 4 is 47.0 Å². The number of piperidine rings is 2. The molecule has 2 saturated heterocycles. The van der Waals surface area contributed by atoms with Crippen LogP contribution in [0, 0.1) is 0 Å². The fourth-order valence-electron chi connectivity index (χ4n) is 7.69. The number of hydrogen-bond donors (Lipinski definition) is 4. The van der Waals surface area contributed by atoms with Crippen LogP contribution in [-0.2, 0) is 32.1 Å². The largest absolute Gasteiger partial charge is 0.573 e. The number of nitrogens with zero attached hydrogens (tertiary/aromatic N) is 4. The van der Waals surface area contributed by atoms with Crippen LogP contribution in [0.15, 0.2) is 73.2 Å². The molecule has 7 amide bonds. The van der Waals surface area contributed by atoms with Crippen LogP contribution < -0.4 is 31.2 Å². The highest BCUT2D eigenvalue weighted by Gasteiger charge is 2.45. The molecule has 1 atom stereocenters. The van der Waals surface area contributed by atoms with Crippen molar-refractivity contribution in [3.63, 3.8) is 0 Å². The van der Waals surface area contributed by atoms with E-state index >= 15 is 0 Å². The van der Waals surface area contributed by atoms with Crippen molar-refractivity contribution in [3.8, 4) is 22.8 Å². The zero-order valence-corrected chi connectivity index (χ0v) is 33.7. The predicted octanol–water partition coefficient (Wildman–Crippen LogP) is 3.57. The summed E-state index contributed by atoms with van der Waals surface area (Å²) in [7, 11) is 0. The number of aryl methyl sites for hydroxylation is 1. The van der Waals surface area contributed by atoms with Gasteiger partial charge < -0.3 is 35.3 Å². The number of hydrogen-bond acceptors (Lipinski definition) is 11. The predicted molar refractivity (Wildman–Crippen MR) is 217 cm³/mol. The first-order valence-corrected chi connectivity index (χ1v) is 20.2. The number of benzene rings is 3. The Kier molecular flexibility index (Phi) is 13.1. The Labute approximate surface area is 358 Å². The third kappa shape index (κ3) is 10.6. The first-order chi connectivity index (χ1) is 30.1. The number of alkyl halides is 3. The molecule has 1 unspecified atom stereocenters. The molecule has 3 aliphatic heterocycles. The van der Waals surface area contributed by atoms with Crippen LogP contribution in [0.25, 0.3) is 11.3 Å². The van der Waals surface area contributed by atoms with Gasteiger partial charge in [-0.3, -0.25) is 43.8 Å². The first-order valence-electron chi connectivity index (χ1n) is 20.2. The maximum Gasteiger partial charge on any atom is 0.573 e. The van der Waals surface area contributed by atoms with Gasteiger partial charge in [-0.05, 0) is 60.9 Å². The van der Waals surface area contributed by atoms with E-state index < -0.39 is 41.9 Å². The zero-order chi connectivity index (χ0) is 44.8. The second-order valence-corrected chi connectivity index (χ2v) is 15.2. The van der Waals surface area contributed by atoms with Gasteiger partial charge >= 0.3 is 6.36 Å². The van der Waals surface area contributed by atoms with Crippen molar-refractivity contribution in [2.45, 2.75) is 70.0 Å². The molecule has 3 aliphatic rings. The first kappa shape index (κ1) is 43.8. The van der Waals surface area contributed by atoms with E-state index in [2.05, 4.69) is 25.7 Å². The van der Waals surface area contributed by atoms with Gasteiger partial charge in [0.05, 0.1) is 35.1 Å². The molecular formula is C43H43F3N8O9. The highest BCUT2D eigenvalue weighted by Crippen LogP contribution is 2.33. The van der Waals surface area contributed by atoms with E-state index in [9.17, 15) is 46.7 Å². The van der Waals surface area contributed by atoms with Crippen LogP contribution in [0.4, 0.5) is 18.9 Å². The smallest absolute Gasteiger partial charge is 0.489 e.